The van der Waals surface area contributed by atoms with Gasteiger partial charge in [0.25, 0.3) is 0 Å². The second-order valence-electron chi connectivity index (χ2n) is 3.57. The van der Waals surface area contributed by atoms with Gasteiger partial charge in [-0.3, -0.25) is 0 Å². The van der Waals surface area contributed by atoms with Crippen LogP contribution in [0.2, 0.25) is 0 Å². The Kier molecular flexibility index (Phi) is 2.77. The van der Waals surface area contributed by atoms with Crippen molar-refractivity contribution in [1.29, 1.82) is 10.5 Å². The lowest BCUT2D eigenvalue weighted by atomic mass is 9.99. The summed E-state index contributed by atoms with van der Waals surface area (Å²) in [5, 5.41) is 17.9. The van der Waals surface area contributed by atoms with Crippen molar-refractivity contribution < 1.29 is 0 Å². The lowest BCUT2D eigenvalue weighted by molar-refractivity contribution is 1.44. The van der Waals surface area contributed by atoms with Gasteiger partial charge in [0.15, 0.2) is 0 Å². The first kappa shape index (κ1) is 10.7. The van der Waals surface area contributed by atoms with Crippen molar-refractivity contribution in [1.82, 2.24) is 0 Å². The Balaban J connectivity index is 2.67. The van der Waals surface area contributed by atoms with Crippen LogP contribution in [0.25, 0.3) is 11.1 Å². The van der Waals surface area contributed by atoms with Gasteiger partial charge in [-0.2, -0.15) is 10.5 Å². The fourth-order valence-corrected chi connectivity index (χ4v) is 1.64. The Morgan fingerprint density at radius 3 is 1.82 bits per heavy atom. The van der Waals surface area contributed by atoms with E-state index in [-0.39, 0.29) is 5.69 Å². The van der Waals surface area contributed by atoms with Crippen LogP contribution in [-0.4, -0.2) is 0 Å². The maximum Gasteiger partial charge on any atom is 0.101 e. The number of benzene rings is 2. The van der Waals surface area contributed by atoms with Gasteiger partial charge in [0.05, 0.1) is 16.8 Å². The number of nitrogens with zero attached hydrogens (tertiary/aromatic N) is 2. The Labute approximate surface area is 99.3 Å². The van der Waals surface area contributed by atoms with Gasteiger partial charge in [0, 0.05) is 0 Å². The Hall–Kier alpha value is -2.78. The van der Waals surface area contributed by atoms with Crippen LogP contribution >= 0.6 is 0 Å². The predicted molar refractivity (Wildman–Crippen MR) is 65.7 cm³/mol. The molecule has 0 spiro atoms. The monoisotopic (exact) mass is 219 g/mol. The van der Waals surface area contributed by atoms with Crippen LogP contribution in [0.15, 0.2) is 42.5 Å². The Morgan fingerprint density at radius 1 is 0.824 bits per heavy atom. The van der Waals surface area contributed by atoms with Crippen molar-refractivity contribution in [2.24, 2.45) is 0 Å². The molecule has 3 nitrogen and oxygen atoms in total. The highest BCUT2D eigenvalue weighted by Gasteiger charge is 2.08. The van der Waals surface area contributed by atoms with Crippen molar-refractivity contribution in [2.45, 2.75) is 0 Å². The van der Waals surface area contributed by atoms with Gasteiger partial charge >= 0.3 is 0 Å². The first-order valence-corrected chi connectivity index (χ1v) is 5.05. The molecule has 0 aliphatic rings. The Bertz CT molecular complexity index is 596. The largest absolute Gasteiger partial charge is 0.397 e. The summed E-state index contributed by atoms with van der Waals surface area (Å²) in [6, 6.07) is 17.0. The standard InChI is InChI=1S/C14H9N3/c15-8-12-6-11(7-13(9-16)14(12)17)10-4-2-1-3-5-10/h1-7H,17H2. The van der Waals surface area contributed by atoms with E-state index in [9.17, 15) is 0 Å². The number of hydrogen-bond donors (Lipinski definition) is 1. The summed E-state index contributed by atoms with van der Waals surface area (Å²) in [7, 11) is 0. The van der Waals surface area contributed by atoms with Gasteiger partial charge in [-0.05, 0) is 23.3 Å². The Morgan fingerprint density at radius 2 is 1.35 bits per heavy atom. The predicted octanol–water partition coefficient (Wildman–Crippen LogP) is 2.68. The summed E-state index contributed by atoms with van der Waals surface area (Å²) >= 11 is 0. The van der Waals surface area contributed by atoms with Crippen LogP contribution in [-0.2, 0) is 0 Å². The molecule has 0 atom stereocenters. The molecule has 0 heterocycles. The van der Waals surface area contributed by atoms with E-state index in [0.717, 1.165) is 11.1 Å². The minimum atomic E-state index is 0.245. The summed E-state index contributed by atoms with van der Waals surface area (Å²) in [5.41, 5.74) is 8.41. The molecule has 0 aromatic heterocycles. The molecule has 0 saturated carbocycles. The molecular weight excluding hydrogens is 210 g/mol. The third kappa shape index (κ3) is 1.95. The van der Waals surface area contributed by atoms with Crippen LogP contribution in [0.3, 0.4) is 0 Å². The van der Waals surface area contributed by atoms with Crippen LogP contribution in [0.1, 0.15) is 11.1 Å². The third-order valence-electron chi connectivity index (χ3n) is 2.53. The summed E-state index contributed by atoms with van der Waals surface area (Å²) in [4.78, 5) is 0. The SMILES string of the molecule is N#Cc1cc(-c2ccccc2)cc(C#N)c1N. The number of hydrogen-bond acceptors (Lipinski definition) is 3. The molecule has 0 bridgehead atoms. The molecule has 0 unspecified atom stereocenters. The summed E-state index contributed by atoms with van der Waals surface area (Å²) in [6.45, 7) is 0. The topological polar surface area (TPSA) is 73.6 Å². The van der Waals surface area contributed by atoms with Crippen molar-refractivity contribution in [3.8, 4) is 23.3 Å². The first-order valence-electron chi connectivity index (χ1n) is 5.05. The molecule has 80 valence electrons. The molecule has 17 heavy (non-hydrogen) atoms. The highest BCUT2D eigenvalue weighted by Crippen LogP contribution is 2.26. The van der Waals surface area contributed by atoms with Crippen LogP contribution < -0.4 is 5.73 Å². The lowest BCUT2D eigenvalue weighted by Gasteiger charge is -2.06. The van der Waals surface area contributed by atoms with Crippen LogP contribution in [0, 0.1) is 22.7 Å². The average molecular weight is 219 g/mol. The number of nitrogens with two attached hydrogens (primary N) is 1. The van der Waals surface area contributed by atoms with Gasteiger partial charge in [-0.25, -0.2) is 0 Å². The minimum absolute atomic E-state index is 0.245. The van der Waals surface area contributed by atoms with Crippen molar-refractivity contribution in [3.63, 3.8) is 0 Å². The van der Waals surface area contributed by atoms with Gasteiger partial charge in [-0.15, -0.1) is 0 Å². The van der Waals surface area contributed by atoms with Crippen LogP contribution in [0.5, 0.6) is 0 Å². The highest BCUT2D eigenvalue weighted by atomic mass is 14.6. The van der Waals surface area contributed by atoms with E-state index in [4.69, 9.17) is 16.3 Å². The molecular formula is C14H9N3. The minimum Gasteiger partial charge on any atom is -0.397 e. The fraction of sp³-hybridized carbons (Fsp3) is 0. The molecule has 0 saturated heterocycles. The fourth-order valence-electron chi connectivity index (χ4n) is 1.64. The van der Waals surface area contributed by atoms with Crippen molar-refractivity contribution >= 4 is 5.69 Å². The molecule has 0 fully saturated rings. The van der Waals surface area contributed by atoms with E-state index in [0.29, 0.717) is 11.1 Å². The molecule has 3 heteroatoms. The van der Waals surface area contributed by atoms with E-state index < -0.39 is 0 Å². The first-order chi connectivity index (χ1) is 8.26. The van der Waals surface area contributed by atoms with Crippen molar-refractivity contribution in [3.05, 3.63) is 53.6 Å². The van der Waals surface area contributed by atoms with Gasteiger partial charge in [0.1, 0.15) is 12.1 Å². The zero-order valence-corrected chi connectivity index (χ0v) is 9.01. The maximum absolute atomic E-state index is 8.97. The van der Waals surface area contributed by atoms with E-state index >= 15 is 0 Å². The summed E-state index contributed by atoms with van der Waals surface area (Å²) < 4.78 is 0. The number of nitrogen functional groups attached to an aromatic ring is 1. The van der Waals surface area contributed by atoms with E-state index in [1.807, 2.05) is 42.5 Å². The second kappa shape index (κ2) is 4.38. The summed E-state index contributed by atoms with van der Waals surface area (Å²) in [5.74, 6) is 0. The molecule has 2 rings (SSSR count). The van der Waals surface area contributed by atoms with E-state index in [1.165, 1.54) is 0 Å². The molecule has 0 radical (unpaired) electrons. The zero-order valence-electron chi connectivity index (χ0n) is 9.01. The molecule has 2 aromatic rings. The normalized spacial score (nSPS) is 9.29. The molecule has 0 amide bonds. The molecule has 0 aliphatic carbocycles. The zero-order chi connectivity index (χ0) is 12.3. The quantitative estimate of drug-likeness (QED) is 0.749. The second-order valence-corrected chi connectivity index (χ2v) is 3.57. The molecule has 2 N–H and O–H groups in total. The molecule has 0 aliphatic heterocycles. The number of nitriles is 2. The highest BCUT2D eigenvalue weighted by molar-refractivity contribution is 5.74. The van der Waals surface area contributed by atoms with E-state index in [2.05, 4.69) is 0 Å². The maximum atomic E-state index is 8.97. The number of rotatable bonds is 1. The van der Waals surface area contributed by atoms with Gasteiger partial charge in [-0.1, -0.05) is 30.3 Å². The summed E-state index contributed by atoms with van der Waals surface area (Å²) in [6.07, 6.45) is 0. The van der Waals surface area contributed by atoms with Crippen LogP contribution in [0.4, 0.5) is 5.69 Å². The smallest absolute Gasteiger partial charge is 0.101 e. The van der Waals surface area contributed by atoms with E-state index in [1.54, 1.807) is 12.1 Å². The third-order valence-corrected chi connectivity index (χ3v) is 2.53. The molecule has 2 aromatic carbocycles. The van der Waals surface area contributed by atoms with Gasteiger partial charge in [0.2, 0.25) is 0 Å². The van der Waals surface area contributed by atoms with Crippen molar-refractivity contribution in [2.75, 3.05) is 5.73 Å². The average Bonchev–Trinajstić information content (AvgIpc) is 2.40. The number of anilines is 1. The van der Waals surface area contributed by atoms with Gasteiger partial charge < -0.3 is 5.73 Å². The lowest BCUT2D eigenvalue weighted by Crippen LogP contribution is -1.95.